The molecule has 0 aliphatic heterocycles. The highest BCUT2D eigenvalue weighted by Crippen LogP contribution is 2.41. The van der Waals surface area contributed by atoms with Crippen LogP contribution < -0.4 is 5.32 Å². The number of nitrogens with one attached hydrogen (secondary N) is 1. The lowest BCUT2D eigenvalue weighted by Crippen LogP contribution is -2.36. The number of halogens is 1. The predicted molar refractivity (Wildman–Crippen MR) is 120 cm³/mol. The van der Waals surface area contributed by atoms with E-state index >= 15 is 0 Å². The van der Waals surface area contributed by atoms with Gasteiger partial charge in [0.2, 0.25) is 5.91 Å². The van der Waals surface area contributed by atoms with Crippen LogP contribution in [0.3, 0.4) is 0 Å². The largest absolute Gasteiger partial charge is 0.349 e. The molecule has 0 saturated heterocycles. The van der Waals surface area contributed by atoms with Crippen molar-refractivity contribution in [2.24, 2.45) is 5.41 Å². The molecule has 1 atom stereocenters. The monoisotopic (exact) mass is 431 g/mol. The normalized spacial score (nSPS) is 17.3. The smallest absolute Gasteiger partial charge is 0.220 e. The lowest BCUT2D eigenvalue weighted by atomic mass is 9.74. The number of benzene rings is 1. The maximum atomic E-state index is 13.4. The fourth-order valence-electron chi connectivity index (χ4n) is 4.59. The van der Waals surface area contributed by atoms with E-state index in [1.165, 1.54) is 12.1 Å². The predicted octanol–water partition coefficient (Wildman–Crippen LogP) is 4.42. The molecule has 0 unspecified atom stereocenters. The molecule has 3 aromatic heterocycles. The van der Waals surface area contributed by atoms with E-state index in [-0.39, 0.29) is 23.2 Å². The van der Waals surface area contributed by atoms with Gasteiger partial charge in [0, 0.05) is 24.4 Å². The molecule has 0 fully saturated rings. The zero-order chi connectivity index (χ0) is 22.3. The van der Waals surface area contributed by atoms with Crippen LogP contribution in [0.5, 0.6) is 0 Å². The van der Waals surface area contributed by atoms with Crippen LogP contribution in [0.15, 0.2) is 61.1 Å². The van der Waals surface area contributed by atoms with Gasteiger partial charge in [-0.3, -0.25) is 4.79 Å². The Labute approximate surface area is 186 Å². The molecule has 5 rings (SSSR count). The van der Waals surface area contributed by atoms with Gasteiger partial charge in [-0.25, -0.2) is 14.1 Å². The van der Waals surface area contributed by atoms with E-state index in [1.54, 1.807) is 12.1 Å². The number of imidazole rings is 1. The molecule has 32 heavy (non-hydrogen) atoms. The SMILES string of the molecule is CC1(C)Cc2c(cnn2-c2ccc(F)cc2)[C@H](NC(=O)CCc2cn3ccccc3n2)C1. The number of hydrogen-bond acceptors (Lipinski definition) is 3. The van der Waals surface area contributed by atoms with E-state index in [4.69, 9.17) is 0 Å². The van der Waals surface area contributed by atoms with Crippen LogP contribution in [0.25, 0.3) is 11.3 Å². The van der Waals surface area contributed by atoms with E-state index in [1.807, 2.05) is 45.9 Å². The van der Waals surface area contributed by atoms with Crippen molar-refractivity contribution in [2.45, 2.75) is 45.6 Å². The van der Waals surface area contributed by atoms with Crippen LogP contribution in [0.4, 0.5) is 4.39 Å². The molecule has 4 aromatic rings. The fourth-order valence-corrected chi connectivity index (χ4v) is 4.59. The Balaban J connectivity index is 1.32. The molecule has 1 aliphatic carbocycles. The minimum absolute atomic E-state index is 0.00432. The summed E-state index contributed by atoms with van der Waals surface area (Å²) in [5.41, 5.74) is 4.72. The molecule has 0 radical (unpaired) electrons. The molecule has 1 N–H and O–H groups in total. The van der Waals surface area contributed by atoms with Crippen LogP contribution in [0.1, 0.15) is 49.7 Å². The molecular weight excluding hydrogens is 405 g/mol. The van der Waals surface area contributed by atoms with Gasteiger partial charge in [-0.2, -0.15) is 5.10 Å². The van der Waals surface area contributed by atoms with Crippen molar-refractivity contribution in [3.8, 4) is 5.69 Å². The van der Waals surface area contributed by atoms with Gasteiger partial charge in [0.15, 0.2) is 0 Å². The third-order valence-corrected chi connectivity index (χ3v) is 6.11. The standard InChI is InChI=1S/C25H26FN5O/c1-25(2)13-21(20-15-27-31(22(20)14-25)19-9-6-17(26)7-10-19)29-24(32)11-8-18-16-30-12-4-3-5-23(30)28-18/h3-7,9-10,12,15-16,21H,8,11,13-14H2,1-2H3,(H,29,32)/t21-/m1/s1. The molecule has 0 saturated carbocycles. The van der Waals surface area contributed by atoms with E-state index in [9.17, 15) is 9.18 Å². The molecule has 1 aromatic carbocycles. The van der Waals surface area contributed by atoms with Gasteiger partial charge in [-0.15, -0.1) is 0 Å². The topological polar surface area (TPSA) is 64.2 Å². The van der Waals surface area contributed by atoms with E-state index in [0.29, 0.717) is 12.8 Å². The first-order valence-electron chi connectivity index (χ1n) is 10.9. The molecule has 1 aliphatic rings. The van der Waals surface area contributed by atoms with E-state index in [0.717, 1.165) is 41.1 Å². The maximum Gasteiger partial charge on any atom is 0.220 e. The van der Waals surface area contributed by atoms with Crippen molar-refractivity contribution in [2.75, 3.05) is 0 Å². The lowest BCUT2D eigenvalue weighted by Gasteiger charge is -2.36. The minimum atomic E-state index is -0.272. The Bertz CT molecular complexity index is 1240. The first kappa shape index (κ1) is 20.4. The number of nitrogens with zero attached hydrogens (tertiary/aromatic N) is 4. The Morgan fingerprint density at radius 1 is 1.22 bits per heavy atom. The van der Waals surface area contributed by atoms with E-state index in [2.05, 4.69) is 29.2 Å². The van der Waals surface area contributed by atoms with Gasteiger partial charge in [0.05, 0.1) is 29.3 Å². The number of fused-ring (bicyclic) bond motifs is 2. The Morgan fingerprint density at radius 2 is 2.03 bits per heavy atom. The molecule has 1 amide bonds. The molecule has 3 heterocycles. The first-order chi connectivity index (χ1) is 15.4. The van der Waals surface area contributed by atoms with Gasteiger partial charge in [0.25, 0.3) is 0 Å². The second-order valence-corrected chi connectivity index (χ2v) is 9.30. The van der Waals surface area contributed by atoms with Crippen molar-refractivity contribution < 1.29 is 9.18 Å². The highest BCUT2D eigenvalue weighted by Gasteiger charge is 2.36. The van der Waals surface area contributed by atoms with Crippen LogP contribution in [-0.4, -0.2) is 25.1 Å². The summed E-state index contributed by atoms with van der Waals surface area (Å²) >= 11 is 0. The zero-order valence-corrected chi connectivity index (χ0v) is 18.3. The summed E-state index contributed by atoms with van der Waals surface area (Å²) in [6, 6.07) is 12.1. The van der Waals surface area contributed by atoms with Gasteiger partial charge in [-0.1, -0.05) is 19.9 Å². The molecule has 0 spiro atoms. The summed E-state index contributed by atoms with van der Waals surface area (Å²) < 4.78 is 17.2. The van der Waals surface area contributed by atoms with Gasteiger partial charge in [0.1, 0.15) is 11.5 Å². The van der Waals surface area contributed by atoms with Gasteiger partial charge in [-0.05, 0) is 61.1 Å². The summed E-state index contributed by atoms with van der Waals surface area (Å²) in [6.07, 6.45) is 8.41. The number of carbonyl (C=O) groups is 1. The first-order valence-corrected chi connectivity index (χ1v) is 10.9. The van der Waals surface area contributed by atoms with Gasteiger partial charge >= 0.3 is 0 Å². The van der Waals surface area contributed by atoms with E-state index < -0.39 is 0 Å². The second-order valence-electron chi connectivity index (χ2n) is 9.30. The molecule has 0 bridgehead atoms. The summed E-state index contributed by atoms with van der Waals surface area (Å²) in [6.45, 7) is 4.40. The number of amides is 1. The summed E-state index contributed by atoms with van der Waals surface area (Å²) in [5.74, 6) is -0.268. The number of pyridine rings is 1. The number of aromatic nitrogens is 4. The summed E-state index contributed by atoms with van der Waals surface area (Å²) in [4.78, 5) is 17.4. The average molecular weight is 432 g/mol. The summed E-state index contributed by atoms with van der Waals surface area (Å²) in [5, 5.41) is 7.79. The average Bonchev–Trinajstić information content (AvgIpc) is 3.36. The number of aryl methyl sites for hydroxylation is 1. The molecule has 7 heteroatoms. The summed E-state index contributed by atoms with van der Waals surface area (Å²) in [7, 11) is 0. The van der Waals surface area contributed by atoms with Gasteiger partial charge < -0.3 is 9.72 Å². The molecule has 164 valence electrons. The third kappa shape index (κ3) is 4.02. The third-order valence-electron chi connectivity index (χ3n) is 6.11. The molecule has 6 nitrogen and oxygen atoms in total. The van der Waals surface area contributed by atoms with Crippen LogP contribution in [-0.2, 0) is 17.6 Å². The van der Waals surface area contributed by atoms with Crippen LogP contribution in [0, 0.1) is 11.2 Å². The second kappa shape index (κ2) is 7.89. The lowest BCUT2D eigenvalue weighted by molar-refractivity contribution is -0.122. The Kier molecular flexibility index (Phi) is 5.04. The quantitative estimate of drug-likeness (QED) is 0.509. The van der Waals surface area contributed by atoms with Crippen LogP contribution in [0.2, 0.25) is 0 Å². The highest BCUT2D eigenvalue weighted by atomic mass is 19.1. The number of rotatable bonds is 5. The number of hydrogen-bond donors (Lipinski definition) is 1. The molecular formula is C25H26FN5O. The number of carbonyl (C=O) groups excluding carboxylic acids is 1. The van der Waals surface area contributed by atoms with Crippen molar-refractivity contribution in [1.29, 1.82) is 0 Å². The zero-order valence-electron chi connectivity index (χ0n) is 18.3. The van der Waals surface area contributed by atoms with Crippen molar-refractivity contribution >= 4 is 11.6 Å². The minimum Gasteiger partial charge on any atom is -0.349 e. The van der Waals surface area contributed by atoms with Crippen molar-refractivity contribution in [1.82, 2.24) is 24.5 Å². The fraction of sp³-hybridized carbons (Fsp3) is 0.320. The maximum absolute atomic E-state index is 13.4. The highest BCUT2D eigenvalue weighted by molar-refractivity contribution is 5.76. The Morgan fingerprint density at radius 3 is 2.81 bits per heavy atom. The van der Waals surface area contributed by atoms with Crippen molar-refractivity contribution in [3.63, 3.8) is 0 Å². The van der Waals surface area contributed by atoms with Crippen LogP contribution >= 0.6 is 0 Å². The Hall–Kier alpha value is -3.48. The van der Waals surface area contributed by atoms with Crippen molar-refractivity contribution in [3.05, 3.63) is 83.8 Å².